The molecule has 6 aliphatic rings. The molecule has 10 atom stereocenters. The van der Waals surface area contributed by atoms with Gasteiger partial charge in [0.25, 0.3) is 5.91 Å². The van der Waals surface area contributed by atoms with Crippen molar-refractivity contribution in [3.05, 3.63) is 29.7 Å². The molecule has 2 bridgehead atoms. The van der Waals surface area contributed by atoms with Crippen molar-refractivity contribution in [1.82, 2.24) is 30.2 Å². The molecule has 4 aliphatic carbocycles. The lowest BCUT2D eigenvalue weighted by Crippen LogP contribution is -2.61. The first kappa shape index (κ1) is 41.5. The van der Waals surface area contributed by atoms with Gasteiger partial charge in [-0.25, -0.2) is 36.4 Å². The second kappa shape index (κ2) is 14.8. The fraction of sp³-hybridized carbons (Fsp3) is 0.707. The zero-order valence-electron chi connectivity index (χ0n) is 33.9. The topological polar surface area (TPSA) is 186 Å². The number of aromatic nitrogens is 2. The number of hydrogen-bond acceptors (Lipinski definition) is 10. The van der Waals surface area contributed by atoms with Gasteiger partial charge >= 0.3 is 6.09 Å². The summed E-state index contributed by atoms with van der Waals surface area (Å²) in [5.74, 6) is -4.80. The smallest absolute Gasteiger partial charge is 0.408 e. The average molecular weight is 847 g/mol. The molecule has 0 unspecified atom stereocenters. The van der Waals surface area contributed by atoms with Crippen LogP contribution in [0.25, 0.3) is 11.0 Å². The standard InChI is InChI=1S/C41H53F3N6O8S/c1-20-30-19-50(31(20)34(51)48-41(18-25(41)33(43)44)37(53)49-59(55,56)40(5)13-14-40)36(52)32(39(2,3)4)47-38(54)58-29-16-21-15-24(21)23(29)9-7-6-8-10-27-35(57-30)46-28-17-22(42)11-12-26(28)45-27/h11-12,17,20-21,23-25,29-33H,6-10,13-16,18-19H2,1-5H3,(H,47,54)(H,48,51)(H,49,53)/t20-,21+,23-,24+,25+,29-,30+,31+,32-,41-/m1/s1. The lowest BCUT2D eigenvalue weighted by atomic mass is 9.85. The molecule has 5 fully saturated rings. The molecule has 2 aliphatic heterocycles. The molecule has 4 amide bonds. The van der Waals surface area contributed by atoms with Gasteiger partial charge in [0.1, 0.15) is 41.3 Å². The van der Waals surface area contributed by atoms with Crippen molar-refractivity contribution in [2.24, 2.45) is 35.0 Å². The van der Waals surface area contributed by atoms with E-state index in [1.807, 2.05) is 4.72 Å². The van der Waals surface area contributed by atoms with E-state index in [9.17, 15) is 40.8 Å². The van der Waals surface area contributed by atoms with Gasteiger partial charge in [-0.15, -0.1) is 0 Å². The van der Waals surface area contributed by atoms with Crippen molar-refractivity contribution in [1.29, 1.82) is 0 Å². The van der Waals surface area contributed by atoms with Crippen LogP contribution in [-0.2, 0) is 35.6 Å². The summed E-state index contributed by atoms with van der Waals surface area (Å²) in [6.07, 6.45) is 0.542. The minimum absolute atomic E-state index is 0.0925. The van der Waals surface area contributed by atoms with E-state index in [2.05, 4.69) is 15.6 Å². The average Bonchev–Trinajstić information content (AvgIpc) is 4.10. The van der Waals surface area contributed by atoms with Crippen LogP contribution < -0.4 is 20.1 Å². The van der Waals surface area contributed by atoms with Crippen molar-refractivity contribution in [3.8, 4) is 5.88 Å². The highest BCUT2D eigenvalue weighted by Crippen LogP contribution is 2.58. The number of alkyl halides is 2. The number of rotatable bonds is 6. The zero-order valence-corrected chi connectivity index (χ0v) is 34.7. The number of amides is 4. The number of sulfonamides is 1. The molecule has 3 N–H and O–H groups in total. The molecular formula is C41H53F3N6O8S. The highest BCUT2D eigenvalue weighted by molar-refractivity contribution is 7.91. The third-order valence-corrected chi connectivity index (χ3v) is 16.0. The second-order valence-electron chi connectivity index (χ2n) is 19.1. The van der Waals surface area contributed by atoms with E-state index in [1.54, 1.807) is 27.7 Å². The van der Waals surface area contributed by atoms with Gasteiger partial charge in [-0.05, 0) is 93.6 Å². The van der Waals surface area contributed by atoms with Crippen LogP contribution >= 0.6 is 0 Å². The van der Waals surface area contributed by atoms with Gasteiger partial charge in [-0.2, -0.15) is 0 Å². The summed E-state index contributed by atoms with van der Waals surface area (Å²) in [6.45, 7) is 8.06. The van der Waals surface area contributed by atoms with Crippen LogP contribution in [0.2, 0.25) is 0 Å². The molecule has 4 saturated carbocycles. The number of aryl methyl sites for hydroxylation is 1. The molecule has 8 rings (SSSR count). The SMILES string of the molecule is C[C@@H]1[C@@H]2CN(C(=O)[C@H](C(C)(C)C)NC(=O)O[C@@H]3C[C@@H]4C[C@@H]4[C@H]3CCCCCc3nc4ccc(F)cc4nc3O2)[C@@H]1C(=O)N[C@]1(C(=O)NS(=O)(=O)C2(C)CC2)C[C@H]1C(F)F. The van der Waals surface area contributed by atoms with E-state index in [0.29, 0.717) is 29.5 Å². The maximum Gasteiger partial charge on any atom is 0.408 e. The third kappa shape index (κ3) is 7.82. The molecule has 322 valence electrons. The number of hydrogen-bond donors (Lipinski definition) is 3. The Morgan fingerprint density at radius 3 is 2.44 bits per heavy atom. The molecule has 0 spiro atoms. The number of carbonyl (C=O) groups excluding carboxylic acids is 4. The Kier molecular flexibility index (Phi) is 10.4. The highest BCUT2D eigenvalue weighted by Gasteiger charge is 2.68. The van der Waals surface area contributed by atoms with Gasteiger partial charge in [-0.1, -0.05) is 40.5 Å². The summed E-state index contributed by atoms with van der Waals surface area (Å²) in [5, 5.41) is 5.25. The van der Waals surface area contributed by atoms with Crippen molar-refractivity contribution in [2.75, 3.05) is 6.54 Å². The Labute approximate surface area is 341 Å². The molecule has 1 saturated heterocycles. The van der Waals surface area contributed by atoms with Crippen molar-refractivity contribution in [2.45, 2.75) is 140 Å². The molecule has 3 heterocycles. The maximum absolute atomic E-state index is 14.9. The summed E-state index contributed by atoms with van der Waals surface area (Å²) in [7, 11) is -4.26. The molecular weight excluding hydrogens is 794 g/mol. The first-order valence-corrected chi connectivity index (χ1v) is 22.3. The Balaban J connectivity index is 1.15. The Bertz CT molecular complexity index is 2170. The van der Waals surface area contributed by atoms with Gasteiger partial charge in [0, 0.05) is 12.0 Å². The van der Waals surface area contributed by atoms with Gasteiger partial charge in [0.15, 0.2) is 0 Å². The lowest BCUT2D eigenvalue weighted by molar-refractivity contribution is -0.143. The number of benzene rings is 1. The van der Waals surface area contributed by atoms with E-state index in [4.69, 9.17) is 14.5 Å². The van der Waals surface area contributed by atoms with E-state index >= 15 is 0 Å². The number of carbonyl (C=O) groups is 4. The molecule has 0 radical (unpaired) electrons. The molecule has 59 heavy (non-hydrogen) atoms. The van der Waals surface area contributed by atoms with Crippen LogP contribution in [0.1, 0.15) is 98.1 Å². The van der Waals surface area contributed by atoms with Crippen LogP contribution in [0, 0.1) is 40.8 Å². The molecule has 1 aromatic carbocycles. The number of nitrogens with one attached hydrogen (secondary N) is 3. The molecule has 2 aromatic rings. The van der Waals surface area contributed by atoms with Crippen LogP contribution in [-0.4, -0.2) is 94.6 Å². The summed E-state index contributed by atoms with van der Waals surface area (Å²) >= 11 is 0. The Morgan fingerprint density at radius 2 is 1.76 bits per heavy atom. The summed E-state index contributed by atoms with van der Waals surface area (Å²) in [6, 6.07) is 1.37. The van der Waals surface area contributed by atoms with Gasteiger partial charge in [0.2, 0.25) is 34.1 Å². The second-order valence-corrected chi connectivity index (χ2v) is 21.3. The van der Waals surface area contributed by atoms with E-state index in [-0.39, 0.29) is 42.8 Å². The van der Waals surface area contributed by atoms with Crippen molar-refractivity contribution < 1.29 is 50.2 Å². The monoisotopic (exact) mass is 846 g/mol. The Morgan fingerprint density at radius 1 is 1.02 bits per heavy atom. The predicted octanol–water partition coefficient (Wildman–Crippen LogP) is 4.78. The van der Waals surface area contributed by atoms with Gasteiger partial charge < -0.3 is 25.0 Å². The van der Waals surface area contributed by atoms with Gasteiger partial charge in [0.05, 0.1) is 28.2 Å². The van der Waals surface area contributed by atoms with Crippen molar-refractivity contribution in [3.63, 3.8) is 0 Å². The summed E-state index contributed by atoms with van der Waals surface area (Å²) in [5.41, 5.74) is -2.00. The number of halogens is 3. The van der Waals surface area contributed by atoms with Crippen molar-refractivity contribution >= 4 is 44.9 Å². The minimum Gasteiger partial charge on any atom is -0.471 e. The number of ether oxygens (including phenoxy) is 2. The molecule has 14 nitrogen and oxygen atoms in total. The predicted molar refractivity (Wildman–Crippen MR) is 207 cm³/mol. The third-order valence-electron chi connectivity index (χ3n) is 13.8. The first-order chi connectivity index (χ1) is 27.7. The largest absolute Gasteiger partial charge is 0.471 e. The number of nitrogens with zero attached hydrogens (tertiary/aromatic N) is 3. The lowest BCUT2D eigenvalue weighted by Gasteiger charge is -2.36. The summed E-state index contributed by atoms with van der Waals surface area (Å²) < 4.78 is 82.5. The van der Waals surface area contributed by atoms with E-state index in [1.165, 1.54) is 30.0 Å². The normalized spacial score (nSPS) is 34.3. The fourth-order valence-corrected chi connectivity index (χ4v) is 10.9. The van der Waals surface area contributed by atoms with Gasteiger partial charge in [-0.3, -0.25) is 19.1 Å². The van der Waals surface area contributed by atoms with Crippen LogP contribution in [0.4, 0.5) is 18.0 Å². The van der Waals surface area contributed by atoms with E-state index < -0.39 is 98.2 Å². The highest BCUT2D eigenvalue weighted by atomic mass is 32.2. The van der Waals surface area contributed by atoms with Crippen LogP contribution in [0.3, 0.4) is 0 Å². The minimum atomic E-state index is -4.26. The Hall–Kier alpha value is -4.22. The number of alkyl carbamates (subject to hydrolysis) is 1. The maximum atomic E-state index is 14.9. The van der Waals surface area contributed by atoms with Crippen LogP contribution in [0.15, 0.2) is 18.2 Å². The summed E-state index contributed by atoms with van der Waals surface area (Å²) in [4.78, 5) is 67.4. The van der Waals surface area contributed by atoms with Crippen LogP contribution in [0.5, 0.6) is 5.88 Å². The zero-order chi connectivity index (χ0) is 42.4. The molecule has 1 aromatic heterocycles. The van der Waals surface area contributed by atoms with E-state index in [0.717, 1.165) is 38.5 Å². The first-order valence-electron chi connectivity index (χ1n) is 20.8. The molecule has 18 heteroatoms. The quantitative estimate of drug-likeness (QED) is 0.366. The fourth-order valence-electron chi connectivity index (χ4n) is 9.59. The number of fused-ring (bicyclic) bond motifs is 7.